The summed E-state index contributed by atoms with van der Waals surface area (Å²) < 4.78 is 37.1. The number of esters is 1. The average molecular weight is 384 g/mol. The number of thiocarbonyl (C=S) groups is 1. The summed E-state index contributed by atoms with van der Waals surface area (Å²) in [4.78, 5) is 14.1. The summed E-state index contributed by atoms with van der Waals surface area (Å²) in [6, 6.07) is 2.78. The van der Waals surface area contributed by atoms with Gasteiger partial charge in [-0.25, -0.2) is 13.6 Å². The van der Waals surface area contributed by atoms with Crippen molar-refractivity contribution in [3.8, 4) is 0 Å². The minimum absolute atomic E-state index is 0.309. The van der Waals surface area contributed by atoms with Crippen LogP contribution in [-0.4, -0.2) is 42.8 Å². The Morgan fingerprint density at radius 1 is 1.35 bits per heavy atom. The summed E-state index contributed by atoms with van der Waals surface area (Å²) in [5.74, 6) is -2.50. The zero-order valence-corrected chi connectivity index (χ0v) is 15.8. The molecule has 1 atom stereocenters. The van der Waals surface area contributed by atoms with Crippen molar-refractivity contribution < 1.29 is 23.0 Å². The zero-order valence-electron chi connectivity index (χ0n) is 15.0. The van der Waals surface area contributed by atoms with Crippen LogP contribution < -0.4 is 5.32 Å². The van der Waals surface area contributed by atoms with E-state index in [-0.39, 0.29) is 0 Å². The number of carbonyl (C=O) groups excluding carboxylic acids is 1. The van der Waals surface area contributed by atoms with Gasteiger partial charge in [-0.1, -0.05) is 6.07 Å². The van der Waals surface area contributed by atoms with Crippen molar-refractivity contribution in [3.63, 3.8) is 0 Å². The third kappa shape index (κ3) is 4.37. The predicted octanol–water partition coefficient (Wildman–Crippen LogP) is 3.07. The molecule has 1 aliphatic rings. The van der Waals surface area contributed by atoms with Gasteiger partial charge in [0, 0.05) is 25.5 Å². The number of nitrogens with zero attached hydrogens (tertiary/aromatic N) is 1. The molecule has 0 saturated heterocycles. The Morgan fingerprint density at radius 3 is 2.69 bits per heavy atom. The summed E-state index contributed by atoms with van der Waals surface area (Å²) in [5.41, 5.74) is 1.32. The van der Waals surface area contributed by atoms with Gasteiger partial charge < -0.3 is 19.7 Å². The molecule has 26 heavy (non-hydrogen) atoms. The Balaban J connectivity index is 2.37. The smallest absolute Gasteiger partial charge is 0.337 e. The summed E-state index contributed by atoms with van der Waals surface area (Å²) in [6.45, 7) is 5.43. The van der Waals surface area contributed by atoms with Crippen molar-refractivity contribution in [1.29, 1.82) is 0 Å². The highest BCUT2D eigenvalue weighted by Crippen LogP contribution is 2.32. The Hall–Kier alpha value is -2.06. The molecule has 142 valence electrons. The minimum atomic E-state index is -0.990. The van der Waals surface area contributed by atoms with E-state index in [0.29, 0.717) is 41.7 Å². The van der Waals surface area contributed by atoms with Crippen LogP contribution in [0.1, 0.15) is 31.9 Å². The van der Waals surface area contributed by atoms with Crippen LogP contribution in [0.15, 0.2) is 29.5 Å². The molecule has 1 N–H and O–H groups in total. The fraction of sp³-hybridized carbons (Fsp3) is 0.444. The number of rotatable bonds is 7. The summed E-state index contributed by atoms with van der Waals surface area (Å²) in [6.07, 6.45) is 0.720. The van der Waals surface area contributed by atoms with E-state index in [0.717, 1.165) is 18.6 Å². The van der Waals surface area contributed by atoms with Crippen molar-refractivity contribution in [2.45, 2.75) is 26.3 Å². The molecule has 1 aliphatic heterocycles. The number of hydrogen-bond acceptors (Lipinski definition) is 4. The van der Waals surface area contributed by atoms with Crippen molar-refractivity contribution >= 4 is 23.3 Å². The Kier molecular flexibility index (Phi) is 7.05. The fourth-order valence-electron chi connectivity index (χ4n) is 2.84. The number of halogens is 2. The maximum atomic E-state index is 13.7. The van der Waals surface area contributed by atoms with Gasteiger partial charge in [0.1, 0.15) is 0 Å². The third-order valence-corrected chi connectivity index (χ3v) is 4.49. The molecule has 0 unspecified atom stereocenters. The number of nitrogens with one attached hydrogen (secondary N) is 1. The van der Waals surface area contributed by atoms with Crippen LogP contribution in [0.4, 0.5) is 8.78 Å². The van der Waals surface area contributed by atoms with Gasteiger partial charge in [-0.3, -0.25) is 0 Å². The second kappa shape index (κ2) is 9.05. The molecule has 0 saturated carbocycles. The predicted molar refractivity (Wildman–Crippen MR) is 97.4 cm³/mol. The van der Waals surface area contributed by atoms with Gasteiger partial charge in [-0.05, 0) is 50.2 Å². The second-order valence-electron chi connectivity index (χ2n) is 5.75. The molecule has 1 aromatic carbocycles. The van der Waals surface area contributed by atoms with Crippen LogP contribution in [0, 0.1) is 11.6 Å². The van der Waals surface area contributed by atoms with E-state index in [4.69, 9.17) is 21.7 Å². The maximum Gasteiger partial charge on any atom is 0.337 e. The summed E-state index contributed by atoms with van der Waals surface area (Å²) in [5, 5.41) is 3.44. The van der Waals surface area contributed by atoms with Gasteiger partial charge >= 0.3 is 5.97 Å². The van der Waals surface area contributed by atoms with E-state index in [9.17, 15) is 13.6 Å². The minimum Gasteiger partial charge on any atom is -0.466 e. The SMILES string of the molecule is CCOCCCN1C(=S)N[C@@H](c2ccc(F)c(F)c2)C(C(=O)OC)=C1C. The Labute approximate surface area is 157 Å². The van der Waals surface area contributed by atoms with Crippen LogP contribution in [0.2, 0.25) is 0 Å². The summed E-state index contributed by atoms with van der Waals surface area (Å²) >= 11 is 5.41. The molecule has 8 heteroatoms. The van der Waals surface area contributed by atoms with Crippen molar-refractivity contribution in [3.05, 3.63) is 46.7 Å². The number of methoxy groups -OCH3 is 1. The lowest BCUT2D eigenvalue weighted by Gasteiger charge is -2.37. The monoisotopic (exact) mass is 384 g/mol. The second-order valence-corrected chi connectivity index (χ2v) is 6.14. The van der Waals surface area contributed by atoms with Gasteiger partial charge in [0.25, 0.3) is 0 Å². The maximum absolute atomic E-state index is 13.7. The lowest BCUT2D eigenvalue weighted by molar-refractivity contribution is -0.136. The lowest BCUT2D eigenvalue weighted by atomic mass is 9.95. The highest BCUT2D eigenvalue weighted by molar-refractivity contribution is 7.80. The van der Waals surface area contributed by atoms with Crippen molar-refractivity contribution in [2.24, 2.45) is 0 Å². The standard InChI is InChI=1S/C18H22F2N2O3S/c1-4-25-9-5-8-22-11(2)15(17(23)24-3)16(21-18(22)26)12-6-7-13(19)14(20)10-12/h6-7,10,16H,4-5,8-9H2,1-3H3,(H,21,26)/t16-/m0/s1. The first-order valence-corrected chi connectivity index (χ1v) is 8.71. The molecule has 0 amide bonds. The Bertz CT molecular complexity index is 724. The first-order chi connectivity index (χ1) is 12.4. The largest absolute Gasteiger partial charge is 0.466 e. The molecule has 0 radical (unpaired) electrons. The Morgan fingerprint density at radius 2 is 2.08 bits per heavy atom. The van der Waals surface area contributed by atoms with Crippen LogP contribution in [0.5, 0.6) is 0 Å². The first kappa shape index (κ1) is 20.3. The fourth-order valence-corrected chi connectivity index (χ4v) is 3.18. The number of ether oxygens (including phenoxy) is 2. The van der Waals surface area contributed by atoms with Crippen LogP contribution >= 0.6 is 12.2 Å². The lowest BCUT2D eigenvalue weighted by Crippen LogP contribution is -2.48. The van der Waals surface area contributed by atoms with Gasteiger partial charge in [-0.2, -0.15) is 0 Å². The molecule has 1 heterocycles. The topological polar surface area (TPSA) is 50.8 Å². The zero-order chi connectivity index (χ0) is 19.3. The molecule has 0 aromatic heterocycles. The third-order valence-electron chi connectivity index (χ3n) is 4.15. The molecular weight excluding hydrogens is 362 g/mol. The highest BCUT2D eigenvalue weighted by Gasteiger charge is 2.34. The normalized spacial score (nSPS) is 17.3. The van der Waals surface area contributed by atoms with Crippen LogP contribution in [-0.2, 0) is 14.3 Å². The number of carbonyl (C=O) groups is 1. The van der Waals surface area contributed by atoms with Gasteiger partial charge in [-0.15, -0.1) is 0 Å². The molecule has 0 bridgehead atoms. The molecule has 5 nitrogen and oxygen atoms in total. The van der Waals surface area contributed by atoms with E-state index in [1.54, 1.807) is 11.8 Å². The number of hydrogen-bond donors (Lipinski definition) is 1. The molecule has 0 fully saturated rings. The first-order valence-electron chi connectivity index (χ1n) is 8.30. The molecule has 2 rings (SSSR count). The van der Waals surface area contributed by atoms with Crippen LogP contribution in [0.25, 0.3) is 0 Å². The van der Waals surface area contributed by atoms with E-state index in [1.165, 1.54) is 13.2 Å². The van der Waals surface area contributed by atoms with Gasteiger partial charge in [0.05, 0.1) is 18.7 Å². The van der Waals surface area contributed by atoms with Crippen molar-refractivity contribution in [2.75, 3.05) is 26.9 Å². The number of benzene rings is 1. The van der Waals surface area contributed by atoms with Gasteiger partial charge in [0.2, 0.25) is 0 Å². The quantitative estimate of drug-likeness (QED) is 0.443. The van der Waals surface area contributed by atoms with Gasteiger partial charge in [0.15, 0.2) is 16.7 Å². The average Bonchev–Trinajstić information content (AvgIpc) is 2.62. The number of allylic oxidation sites excluding steroid dienone is 1. The van der Waals surface area contributed by atoms with E-state index in [1.807, 2.05) is 6.92 Å². The summed E-state index contributed by atoms with van der Waals surface area (Å²) in [7, 11) is 1.28. The van der Waals surface area contributed by atoms with E-state index < -0.39 is 23.6 Å². The highest BCUT2D eigenvalue weighted by atomic mass is 32.1. The molecule has 1 aromatic rings. The van der Waals surface area contributed by atoms with Crippen LogP contribution in [0.3, 0.4) is 0 Å². The van der Waals surface area contributed by atoms with Crippen molar-refractivity contribution in [1.82, 2.24) is 10.2 Å². The molecule has 0 spiro atoms. The van der Waals surface area contributed by atoms with E-state index >= 15 is 0 Å². The molecular formula is C18H22F2N2O3S. The van der Waals surface area contributed by atoms with E-state index in [2.05, 4.69) is 5.32 Å². The molecule has 0 aliphatic carbocycles.